The Bertz CT molecular complexity index is 414. The Kier molecular flexibility index (Phi) is 4.72. The van der Waals surface area contributed by atoms with Gasteiger partial charge >= 0.3 is 0 Å². The Morgan fingerprint density at radius 3 is 2.38 bits per heavy atom. The van der Waals surface area contributed by atoms with Crippen molar-refractivity contribution in [3.8, 4) is 0 Å². The van der Waals surface area contributed by atoms with Crippen LogP contribution in [0.15, 0.2) is 24.3 Å². The van der Waals surface area contributed by atoms with Crippen molar-refractivity contribution in [3.05, 3.63) is 29.8 Å². The molecule has 6 heteroatoms. The standard InChI is InChI=1S/C10H17N3O2S/c1-2-12-16(14,15)13-8-7-9-3-5-10(11)6-4-9/h3-6,12-13H,2,7-8,11H2,1H3. The van der Waals surface area contributed by atoms with Crippen LogP contribution in [0, 0.1) is 0 Å². The number of rotatable bonds is 6. The molecule has 5 nitrogen and oxygen atoms in total. The minimum Gasteiger partial charge on any atom is -0.399 e. The third-order valence-corrected chi connectivity index (χ3v) is 3.27. The molecule has 0 amide bonds. The Morgan fingerprint density at radius 1 is 1.19 bits per heavy atom. The van der Waals surface area contributed by atoms with E-state index in [9.17, 15) is 8.42 Å². The molecule has 0 saturated carbocycles. The third kappa shape index (κ3) is 4.61. The summed E-state index contributed by atoms with van der Waals surface area (Å²) in [6, 6.07) is 7.37. The highest BCUT2D eigenvalue weighted by molar-refractivity contribution is 7.87. The maximum atomic E-state index is 11.2. The van der Waals surface area contributed by atoms with Gasteiger partial charge in [-0.2, -0.15) is 8.42 Å². The lowest BCUT2D eigenvalue weighted by atomic mass is 10.1. The van der Waals surface area contributed by atoms with Gasteiger partial charge in [0.1, 0.15) is 0 Å². The van der Waals surface area contributed by atoms with E-state index in [0.717, 1.165) is 5.56 Å². The van der Waals surface area contributed by atoms with E-state index < -0.39 is 10.2 Å². The molecule has 0 unspecified atom stereocenters. The Hall–Kier alpha value is -1.11. The molecule has 90 valence electrons. The first-order chi connectivity index (χ1) is 7.53. The van der Waals surface area contributed by atoms with Crippen molar-refractivity contribution in [2.75, 3.05) is 18.8 Å². The largest absolute Gasteiger partial charge is 0.399 e. The van der Waals surface area contributed by atoms with Crippen LogP contribution in [-0.4, -0.2) is 21.5 Å². The second kappa shape index (κ2) is 5.83. The van der Waals surface area contributed by atoms with E-state index in [2.05, 4.69) is 9.44 Å². The number of nitrogens with one attached hydrogen (secondary N) is 2. The Morgan fingerprint density at radius 2 is 1.81 bits per heavy atom. The van der Waals surface area contributed by atoms with Gasteiger partial charge in [-0.05, 0) is 24.1 Å². The van der Waals surface area contributed by atoms with Crippen LogP contribution < -0.4 is 15.2 Å². The number of nitrogens with two attached hydrogens (primary N) is 1. The monoisotopic (exact) mass is 243 g/mol. The highest BCUT2D eigenvalue weighted by Crippen LogP contribution is 2.05. The van der Waals surface area contributed by atoms with Gasteiger partial charge in [0.15, 0.2) is 0 Å². The van der Waals surface area contributed by atoms with Crippen LogP contribution >= 0.6 is 0 Å². The van der Waals surface area contributed by atoms with Crippen LogP contribution in [0.1, 0.15) is 12.5 Å². The molecule has 0 aromatic heterocycles. The Labute approximate surface area is 96.2 Å². The zero-order valence-electron chi connectivity index (χ0n) is 9.23. The summed E-state index contributed by atoms with van der Waals surface area (Å²) in [4.78, 5) is 0. The van der Waals surface area contributed by atoms with Crippen LogP contribution in [0.4, 0.5) is 5.69 Å². The average Bonchev–Trinajstić information content (AvgIpc) is 2.20. The normalized spacial score (nSPS) is 11.6. The summed E-state index contributed by atoms with van der Waals surface area (Å²) in [5.74, 6) is 0. The summed E-state index contributed by atoms with van der Waals surface area (Å²) in [6.07, 6.45) is 0.644. The first-order valence-electron chi connectivity index (χ1n) is 5.12. The summed E-state index contributed by atoms with van der Waals surface area (Å²) < 4.78 is 27.3. The van der Waals surface area contributed by atoms with Crippen LogP contribution in [0.3, 0.4) is 0 Å². The van der Waals surface area contributed by atoms with Crippen LogP contribution in [0.2, 0.25) is 0 Å². The maximum absolute atomic E-state index is 11.2. The third-order valence-electron chi connectivity index (χ3n) is 2.02. The lowest BCUT2D eigenvalue weighted by Crippen LogP contribution is -2.37. The topological polar surface area (TPSA) is 84.2 Å². The van der Waals surface area contributed by atoms with Crippen molar-refractivity contribution in [1.82, 2.24) is 9.44 Å². The molecule has 16 heavy (non-hydrogen) atoms. The predicted molar refractivity (Wildman–Crippen MR) is 65.2 cm³/mol. The van der Waals surface area contributed by atoms with Crippen molar-refractivity contribution in [2.45, 2.75) is 13.3 Å². The quantitative estimate of drug-likeness (QED) is 0.626. The number of benzene rings is 1. The fourth-order valence-corrected chi connectivity index (χ4v) is 2.11. The summed E-state index contributed by atoms with van der Waals surface area (Å²) >= 11 is 0. The molecule has 0 spiro atoms. The van der Waals surface area contributed by atoms with Gasteiger partial charge in [-0.1, -0.05) is 19.1 Å². The lowest BCUT2D eigenvalue weighted by molar-refractivity contribution is 0.569. The molecule has 0 atom stereocenters. The van der Waals surface area contributed by atoms with Crippen molar-refractivity contribution in [3.63, 3.8) is 0 Å². The molecular formula is C10H17N3O2S. The van der Waals surface area contributed by atoms with Gasteiger partial charge in [-0.25, -0.2) is 9.44 Å². The molecule has 1 aromatic carbocycles. The summed E-state index contributed by atoms with van der Waals surface area (Å²) in [5, 5.41) is 0. The van der Waals surface area contributed by atoms with Gasteiger partial charge < -0.3 is 5.73 Å². The van der Waals surface area contributed by atoms with Crippen molar-refractivity contribution in [2.24, 2.45) is 0 Å². The fraction of sp³-hybridized carbons (Fsp3) is 0.400. The second-order valence-corrected chi connectivity index (χ2v) is 4.97. The van der Waals surface area contributed by atoms with E-state index in [1.807, 2.05) is 12.1 Å². The molecule has 0 heterocycles. The zero-order chi connectivity index (χ0) is 12.0. The predicted octanol–water partition coefficient (Wildman–Crippen LogP) is 0.255. The van der Waals surface area contributed by atoms with E-state index in [4.69, 9.17) is 5.73 Å². The van der Waals surface area contributed by atoms with Gasteiger partial charge in [0.2, 0.25) is 0 Å². The smallest absolute Gasteiger partial charge is 0.276 e. The average molecular weight is 243 g/mol. The van der Waals surface area contributed by atoms with Crippen molar-refractivity contribution in [1.29, 1.82) is 0 Å². The number of hydrogen-bond acceptors (Lipinski definition) is 3. The summed E-state index contributed by atoms with van der Waals surface area (Å²) in [6.45, 7) is 2.50. The Balaban J connectivity index is 2.39. The lowest BCUT2D eigenvalue weighted by Gasteiger charge is -2.06. The van der Waals surface area contributed by atoms with E-state index >= 15 is 0 Å². The molecule has 0 aliphatic carbocycles. The van der Waals surface area contributed by atoms with E-state index in [1.165, 1.54) is 0 Å². The molecule has 0 fully saturated rings. The van der Waals surface area contributed by atoms with Gasteiger partial charge in [-0.15, -0.1) is 0 Å². The molecule has 0 aliphatic rings. The SMILES string of the molecule is CCNS(=O)(=O)NCCc1ccc(N)cc1. The van der Waals surface area contributed by atoms with Crippen molar-refractivity contribution < 1.29 is 8.42 Å². The number of anilines is 1. The maximum Gasteiger partial charge on any atom is 0.276 e. The zero-order valence-corrected chi connectivity index (χ0v) is 10.0. The molecule has 0 bridgehead atoms. The van der Waals surface area contributed by atoms with Gasteiger partial charge in [0.05, 0.1) is 0 Å². The number of nitrogen functional groups attached to an aromatic ring is 1. The summed E-state index contributed by atoms with van der Waals surface area (Å²) in [7, 11) is -3.33. The number of hydrogen-bond donors (Lipinski definition) is 3. The van der Waals surface area contributed by atoms with Gasteiger partial charge in [0, 0.05) is 18.8 Å². The van der Waals surface area contributed by atoms with Gasteiger partial charge in [0.25, 0.3) is 10.2 Å². The molecule has 1 aromatic rings. The molecule has 0 saturated heterocycles. The minimum atomic E-state index is -3.33. The first-order valence-corrected chi connectivity index (χ1v) is 6.60. The van der Waals surface area contributed by atoms with E-state index in [0.29, 0.717) is 25.2 Å². The molecule has 1 rings (SSSR count). The van der Waals surface area contributed by atoms with E-state index in [1.54, 1.807) is 19.1 Å². The molecule has 0 radical (unpaired) electrons. The van der Waals surface area contributed by atoms with Crippen LogP contribution in [0.25, 0.3) is 0 Å². The van der Waals surface area contributed by atoms with Gasteiger partial charge in [-0.3, -0.25) is 0 Å². The first kappa shape index (κ1) is 13.0. The van der Waals surface area contributed by atoms with Crippen LogP contribution in [0.5, 0.6) is 0 Å². The van der Waals surface area contributed by atoms with E-state index in [-0.39, 0.29) is 0 Å². The molecule has 4 N–H and O–H groups in total. The second-order valence-electron chi connectivity index (χ2n) is 3.39. The van der Waals surface area contributed by atoms with Crippen LogP contribution in [-0.2, 0) is 16.6 Å². The van der Waals surface area contributed by atoms with Crippen molar-refractivity contribution >= 4 is 15.9 Å². The highest BCUT2D eigenvalue weighted by atomic mass is 32.2. The highest BCUT2D eigenvalue weighted by Gasteiger charge is 2.05. The molecular weight excluding hydrogens is 226 g/mol. The molecule has 0 aliphatic heterocycles. The fourth-order valence-electron chi connectivity index (χ4n) is 1.26. The summed E-state index contributed by atoms with van der Waals surface area (Å²) in [5.41, 5.74) is 7.30. The minimum absolute atomic E-state index is 0.374.